The van der Waals surface area contributed by atoms with Gasteiger partial charge < -0.3 is 5.73 Å². The Kier molecular flexibility index (Phi) is 4.62. The summed E-state index contributed by atoms with van der Waals surface area (Å²) in [6.07, 6.45) is 0.721. The zero-order valence-corrected chi connectivity index (χ0v) is 11.5. The first-order valence-electron chi connectivity index (χ1n) is 4.51. The smallest absolute Gasteiger partial charge is 0.252 e. The largest absolute Gasteiger partial charge is 0.326 e. The number of nitrogens with zero attached hydrogens (tertiary/aromatic N) is 1. The van der Waals surface area contributed by atoms with Crippen LogP contribution in [0.2, 0.25) is 4.34 Å². The maximum Gasteiger partial charge on any atom is 0.252 e. The van der Waals surface area contributed by atoms with E-state index in [0.29, 0.717) is 21.6 Å². The van der Waals surface area contributed by atoms with Crippen LogP contribution >= 0.6 is 35.3 Å². The minimum Gasteiger partial charge on any atom is -0.326 e. The number of nitrogens with two attached hydrogens (primary N) is 1. The molecule has 1 aromatic heterocycles. The molecular weight excluding hydrogens is 291 g/mol. The molecule has 1 aromatic rings. The minimum atomic E-state index is -3.36. The molecule has 8 heteroatoms. The molecule has 0 spiro atoms. The molecule has 0 aliphatic carbocycles. The fourth-order valence-corrected chi connectivity index (χ4v) is 4.68. The van der Waals surface area contributed by atoms with Gasteiger partial charge in [0, 0.05) is 19.1 Å². The third kappa shape index (κ3) is 2.69. The molecule has 1 aliphatic rings. The molecule has 0 radical (unpaired) electrons. The molecule has 1 atom stereocenters. The lowest BCUT2D eigenvalue weighted by Gasteiger charge is -2.13. The monoisotopic (exact) mass is 302 g/mol. The van der Waals surface area contributed by atoms with Crippen molar-refractivity contribution < 1.29 is 8.42 Å². The van der Waals surface area contributed by atoms with Crippen molar-refractivity contribution in [2.24, 2.45) is 5.73 Å². The van der Waals surface area contributed by atoms with E-state index in [-0.39, 0.29) is 18.4 Å². The van der Waals surface area contributed by atoms with Gasteiger partial charge in [-0.25, -0.2) is 8.42 Å². The Hall–Kier alpha value is 0.150. The Labute approximate surface area is 110 Å². The number of hydrogen-bond acceptors (Lipinski definition) is 4. The molecule has 0 bridgehead atoms. The molecule has 0 unspecified atom stereocenters. The molecule has 2 N–H and O–H groups in total. The van der Waals surface area contributed by atoms with Crippen molar-refractivity contribution in [2.75, 3.05) is 13.1 Å². The Balaban J connectivity index is 0.00000128. The Morgan fingerprint density at radius 3 is 2.62 bits per heavy atom. The molecule has 0 amide bonds. The van der Waals surface area contributed by atoms with E-state index in [2.05, 4.69) is 0 Å². The highest BCUT2D eigenvalue weighted by molar-refractivity contribution is 7.91. The summed E-state index contributed by atoms with van der Waals surface area (Å²) in [6.45, 7) is 0.900. The SMILES string of the molecule is Cl.N[C@@H]1CCN(S(=O)(=O)c2ccc(Cl)s2)C1. The first kappa shape index (κ1) is 14.2. The van der Waals surface area contributed by atoms with Crippen LogP contribution in [0, 0.1) is 0 Å². The van der Waals surface area contributed by atoms with Crippen LogP contribution in [0.4, 0.5) is 0 Å². The molecule has 4 nitrogen and oxygen atoms in total. The van der Waals surface area contributed by atoms with Gasteiger partial charge in [0.1, 0.15) is 4.21 Å². The van der Waals surface area contributed by atoms with Gasteiger partial charge in [-0.1, -0.05) is 11.6 Å². The fraction of sp³-hybridized carbons (Fsp3) is 0.500. The van der Waals surface area contributed by atoms with Gasteiger partial charge in [-0.05, 0) is 18.6 Å². The quantitative estimate of drug-likeness (QED) is 0.901. The van der Waals surface area contributed by atoms with E-state index in [1.807, 2.05) is 0 Å². The van der Waals surface area contributed by atoms with E-state index in [4.69, 9.17) is 17.3 Å². The zero-order valence-electron chi connectivity index (χ0n) is 8.30. The third-order valence-corrected chi connectivity index (χ3v) is 5.89. The van der Waals surface area contributed by atoms with Crippen LogP contribution in [0.25, 0.3) is 0 Å². The highest BCUT2D eigenvalue weighted by Gasteiger charge is 2.31. The maximum absolute atomic E-state index is 12.0. The molecule has 2 rings (SSSR count). The molecule has 92 valence electrons. The highest BCUT2D eigenvalue weighted by atomic mass is 35.5. The van der Waals surface area contributed by atoms with Crippen LogP contribution in [0.15, 0.2) is 16.3 Å². The summed E-state index contributed by atoms with van der Waals surface area (Å²) in [5, 5.41) is 0. The molecule has 1 saturated heterocycles. The fourth-order valence-electron chi connectivity index (χ4n) is 1.54. The Morgan fingerprint density at radius 2 is 2.19 bits per heavy atom. The van der Waals surface area contributed by atoms with Crippen LogP contribution in [0.1, 0.15) is 6.42 Å². The standard InChI is InChI=1S/C8H11ClN2O2S2.ClH/c9-7-1-2-8(14-7)15(12,13)11-4-3-6(10)5-11;/h1-2,6H,3-5,10H2;1H/t6-;/m1./s1. The van der Waals surface area contributed by atoms with Gasteiger partial charge in [-0.15, -0.1) is 23.7 Å². The maximum atomic E-state index is 12.0. The van der Waals surface area contributed by atoms with Crippen molar-refractivity contribution in [3.8, 4) is 0 Å². The summed E-state index contributed by atoms with van der Waals surface area (Å²) in [6, 6.07) is 3.08. The van der Waals surface area contributed by atoms with Crippen molar-refractivity contribution in [3.05, 3.63) is 16.5 Å². The normalized spacial score (nSPS) is 22.0. The molecular formula is C8H12Cl2N2O2S2. The van der Waals surface area contributed by atoms with Crippen LogP contribution in [-0.2, 0) is 10.0 Å². The van der Waals surface area contributed by atoms with Crippen LogP contribution in [0.3, 0.4) is 0 Å². The summed E-state index contributed by atoms with van der Waals surface area (Å²) in [5.41, 5.74) is 5.68. The van der Waals surface area contributed by atoms with Gasteiger partial charge in [0.15, 0.2) is 0 Å². The van der Waals surface area contributed by atoms with Gasteiger partial charge in [-0.2, -0.15) is 4.31 Å². The summed E-state index contributed by atoms with van der Waals surface area (Å²) >= 11 is 6.79. The molecule has 1 aliphatic heterocycles. The molecule has 0 aromatic carbocycles. The molecule has 0 saturated carbocycles. The van der Waals surface area contributed by atoms with Crippen molar-refractivity contribution >= 4 is 45.4 Å². The number of hydrogen-bond donors (Lipinski definition) is 1. The lowest BCUT2D eigenvalue weighted by molar-refractivity contribution is 0.474. The van der Waals surface area contributed by atoms with Gasteiger partial charge in [-0.3, -0.25) is 0 Å². The average molecular weight is 303 g/mol. The second-order valence-electron chi connectivity index (χ2n) is 3.47. The minimum absolute atomic E-state index is 0. The van der Waals surface area contributed by atoms with Crippen LogP contribution < -0.4 is 5.73 Å². The van der Waals surface area contributed by atoms with E-state index in [0.717, 1.165) is 17.8 Å². The van der Waals surface area contributed by atoms with Gasteiger partial charge in [0.2, 0.25) is 0 Å². The van der Waals surface area contributed by atoms with Gasteiger partial charge in [0.25, 0.3) is 10.0 Å². The van der Waals surface area contributed by atoms with Crippen molar-refractivity contribution in [2.45, 2.75) is 16.7 Å². The Morgan fingerprint density at radius 1 is 1.50 bits per heavy atom. The first-order chi connectivity index (χ1) is 7.00. The lowest BCUT2D eigenvalue weighted by atomic mass is 10.3. The summed E-state index contributed by atoms with van der Waals surface area (Å²) in [7, 11) is -3.36. The second kappa shape index (κ2) is 5.20. The predicted molar refractivity (Wildman–Crippen MR) is 67.9 cm³/mol. The van der Waals surface area contributed by atoms with E-state index in [1.165, 1.54) is 10.4 Å². The van der Waals surface area contributed by atoms with E-state index < -0.39 is 10.0 Å². The van der Waals surface area contributed by atoms with Crippen LogP contribution in [0.5, 0.6) is 0 Å². The highest BCUT2D eigenvalue weighted by Crippen LogP contribution is 2.29. The number of rotatable bonds is 2. The predicted octanol–water partition coefficient (Wildman–Crippen LogP) is 1.54. The number of halogens is 2. The third-order valence-electron chi connectivity index (χ3n) is 2.33. The van der Waals surface area contributed by atoms with Gasteiger partial charge >= 0.3 is 0 Å². The van der Waals surface area contributed by atoms with Crippen LogP contribution in [-0.4, -0.2) is 31.9 Å². The lowest BCUT2D eigenvalue weighted by Crippen LogP contribution is -2.31. The summed E-state index contributed by atoms with van der Waals surface area (Å²) in [5.74, 6) is 0. The van der Waals surface area contributed by atoms with Crippen molar-refractivity contribution in [1.29, 1.82) is 0 Å². The zero-order chi connectivity index (χ0) is 11.1. The number of sulfonamides is 1. The van der Waals surface area contributed by atoms with Gasteiger partial charge in [0.05, 0.1) is 4.34 Å². The Bertz CT molecular complexity index is 460. The molecule has 2 heterocycles. The van der Waals surface area contributed by atoms with Crippen molar-refractivity contribution in [3.63, 3.8) is 0 Å². The van der Waals surface area contributed by atoms with E-state index >= 15 is 0 Å². The first-order valence-corrected chi connectivity index (χ1v) is 7.14. The average Bonchev–Trinajstić information content (AvgIpc) is 2.74. The van der Waals surface area contributed by atoms with E-state index in [9.17, 15) is 8.42 Å². The number of thiophene rings is 1. The molecule has 16 heavy (non-hydrogen) atoms. The van der Waals surface area contributed by atoms with E-state index in [1.54, 1.807) is 6.07 Å². The molecule has 1 fully saturated rings. The topological polar surface area (TPSA) is 63.4 Å². The summed E-state index contributed by atoms with van der Waals surface area (Å²) < 4.78 is 26.2. The second-order valence-corrected chi connectivity index (χ2v) is 7.35. The van der Waals surface area contributed by atoms with Crippen molar-refractivity contribution in [1.82, 2.24) is 4.31 Å². The summed E-state index contributed by atoms with van der Waals surface area (Å²) in [4.78, 5) is 0.